The molecular formula is C37H34FN5O4S. The second-order valence-corrected chi connectivity index (χ2v) is 14.2. The molecule has 11 heteroatoms. The Balaban J connectivity index is 1.37. The van der Waals surface area contributed by atoms with E-state index in [0.29, 0.717) is 18.1 Å². The Hall–Kier alpha value is -5.08. The van der Waals surface area contributed by atoms with Crippen molar-refractivity contribution in [1.82, 2.24) is 18.9 Å². The third-order valence-corrected chi connectivity index (χ3v) is 11.0. The first-order chi connectivity index (χ1) is 23.2. The number of halogens is 1. The Morgan fingerprint density at radius 2 is 1.73 bits per heavy atom. The minimum atomic E-state index is -4.12. The summed E-state index contributed by atoms with van der Waals surface area (Å²) < 4.78 is 49.0. The molecule has 2 aromatic carbocycles. The molecule has 3 aromatic heterocycles. The number of fused-ring (bicyclic) bond motifs is 4. The van der Waals surface area contributed by atoms with E-state index in [4.69, 9.17) is 14.7 Å². The van der Waals surface area contributed by atoms with Crippen molar-refractivity contribution in [3.8, 4) is 23.2 Å². The maximum Gasteiger partial charge on any atom is 0.311 e. The minimum Gasteiger partial charge on any atom is -0.466 e. The SMILES string of the molecule is CCOC(=O)[C@@H]1C2CCC(CC2)[C@H]1Nc1cc(C#Cc2ccccc2)nc(-c2cn(S(=O)(=O)c3ccc(C)cc3)c3ncc(F)cc23)n1. The maximum absolute atomic E-state index is 14.7. The van der Waals surface area contributed by atoms with Crippen LogP contribution in [0.5, 0.6) is 0 Å². The molecular weight excluding hydrogens is 630 g/mol. The van der Waals surface area contributed by atoms with Crippen molar-refractivity contribution >= 4 is 32.8 Å². The molecule has 0 radical (unpaired) electrons. The van der Waals surface area contributed by atoms with Gasteiger partial charge >= 0.3 is 5.97 Å². The molecule has 48 heavy (non-hydrogen) atoms. The van der Waals surface area contributed by atoms with Crippen molar-refractivity contribution in [2.45, 2.75) is 50.5 Å². The largest absolute Gasteiger partial charge is 0.466 e. The summed E-state index contributed by atoms with van der Waals surface area (Å²) in [6.45, 7) is 3.98. The van der Waals surface area contributed by atoms with Crippen LogP contribution in [0.1, 0.15) is 49.4 Å². The first kappa shape index (κ1) is 31.5. The summed E-state index contributed by atoms with van der Waals surface area (Å²) in [6, 6.07) is 18.7. The number of benzene rings is 2. The van der Waals surface area contributed by atoms with Gasteiger partial charge in [-0.1, -0.05) is 41.8 Å². The predicted molar refractivity (Wildman–Crippen MR) is 180 cm³/mol. The van der Waals surface area contributed by atoms with Crippen LogP contribution < -0.4 is 5.32 Å². The Morgan fingerprint density at radius 3 is 2.46 bits per heavy atom. The molecule has 0 aliphatic heterocycles. The number of hydrogen-bond donors (Lipinski definition) is 1. The molecule has 3 fully saturated rings. The fraction of sp³-hybridized carbons (Fsp3) is 0.297. The average Bonchev–Trinajstić information content (AvgIpc) is 3.48. The van der Waals surface area contributed by atoms with Gasteiger partial charge in [0, 0.05) is 34.8 Å². The van der Waals surface area contributed by atoms with Gasteiger partial charge in [-0.25, -0.2) is 31.7 Å². The summed E-state index contributed by atoms with van der Waals surface area (Å²) in [4.78, 5) is 27.0. The topological polar surface area (TPSA) is 116 Å². The van der Waals surface area contributed by atoms with Gasteiger partial charge in [0.2, 0.25) is 0 Å². The molecule has 0 amide bonds. The van der Waals surface area contributed by atoms with Crippen molar-refractivity contribution in [2.24, 2.45) is 17.8 Å². The lowest BCUT2D eigenvalue weighted by molar-refractivity contribution is -0.154. The Bertz CT molecular complexity index is 2170. The van der Waals surface area contributed by atoms with Crippen molar-refractivity contribution in [3.05, 3.63) is 102 Å². The number of nitrogens with one attached hydrogen (secondary N) is 1. The molecule has 1 N–H and O–H groups in total. The van der Waals surface area contributed by atoms with E-state index in [-0.39, 0.29) is 57.1 Å². The molecule has 3 aliphatic rings. The number of carbonyl (C=O) groups is 1. The third kappa shape index (κ3) is 6.04. The van der Waals surface area contributed by atoms with Crippen LogP contribution in [0, 0.1) is 42.3 Å². The van der Waals surface area contributed by atoms with Crippen LogP contribution in [0.15, 0.2) is 84.0 Å². The zero-order chi connectivity index (χ0) is 33.4. The van der Waals surface area contributed by atoms with Crippen LogP contribution in [0.2, 0.25) is 0 Å². The zero-order valence-corrected chi connectivity index (χ0v) is 27.4. The summed E-state index contributed by atoms with van der Waals surface area (Å²) in [5.41, 5.74) is 2.37. The fourth-order valence-corrected chi connectivity index (χ4v) is 8.33. The number of nitrogens with zero attached hydrogens (tertiary/aromatic N) is 4. The molecule has 3 aliphatic carbocycles. The monoisotopic (exact) mass is 663 g/mol. The summed E-state index contributed by atoms with van der Waals surface area (Å²) in [6.07, 6.45) is 6.30. The molecule has 0 spiro atoms. The van der Waals surface area contributed by atoms with Gasteiger partial charge < -0.3 is 10.1 Å². The molecule has 2 atom stereocenters. The maximum atomic E-state index is 14.7. The number of ether oxygens (including phenoxy) is 1. The van der Waals surface area contributed by atoms with E-state index in [2.05, 4.69) is 22.1 Å². The number of esters is 1. The second kappa shape index (κ2) is 12.8. The molecule has 8 rings (SSSR count). The normalized spacial score (nSPS) is 20.2. The van der Waals surface area contributed by atoms with E-state index >= 15 is 0 Å². The minimum absolute atomic E-state index is 0.0397. The van der Waals surface area contributed by atoms with E-state index < -0.39 is 15.8 Å². The molecule has 2 bridgehead atoms. The molecule has 0 unspecified atom stereocenters. The van der Waals surface area contributed by atoms with E-state index in [1.807, 2.05) is 44.2 Å². The Morgan fingerprint density at radius 1 is 1.00 bits per heavy atom. The van der Waals surface area contributed by atoms with Gasteiger partial charge in [0.1, 0.15) is 17.3 Å². The lowest BCUT2D eigenvalue weighted by atomic mass is 9.61. The summed E-state index contributed by atoms with van der Waals surface area (Å²) in [5, 5.41) is 3.77. The third-order valence-electron chi connectivity index (χ3n) is 9.32. The van der Waals surface area contributed by atoms with Crippen LogP contribution in [0.25, 0.3) is 22.4 Å². The van der Waals surface area contributed by atoms with Crippen molar-refractivity contribution in [1.29, 1.82) is 0 Å². The van der Waals surface area contributed by atoms with Crippen LogP contribution in [-0.4, -0.2) is 46.0 Å². The molecule has 3 heterocycles. The standard InChI is InChI=1S/C37H34FN5O4S/c1-3-47-37(44)33-25-12-14-26(15-13-25)34(33)41-32-20-28(16-11-24-7-5-4-6-8-24)40-35(42-32)31-22-43(36-30(31)19-27(38)21-39-36)48(45,46)29-17-9-23(2)10-18-29/h4-10,17-22,25-26,33-34H,3,12-15H2,1-2H3,(H,40,41,42)/t25?,26?,33-,34-/m1/s1. The van der Waals surface area contributed by atoms with E-state index in [1.54, 1.807) is 18.2 Å². The first-order valence-electron chi connectivity index (χ1n) is 16.1. The van der Waals surface area contributed by atoms with Gasteiger partial charge in [-0.2, -0.15) is 0 Å². The summed E-state index contributed by atoms with van der Waals surface area (Å²) in [7, 11) is -4.12. The number of anilines is 1. The van der Waals surface area contributed by atoms with E-state index in [0.717, 1.165) is 47.0 Å². The molecule has 3 saturated carbocycles. The fourth-order valence-electron chi connectivity index (χ4n) is 7.01. The first-order valence-corrected chi connectivity index (χ1v) is 17.5. The van der Waals surface area contributed by atoms with Gasteiger partial charge in [-0.15, -0.1) is 0 Å². The van der Waals surface area contributed by atoms with Crippen molar-refractivity contribution < 1.29 is 22.3 Å². The number of hydrogen-bond acceptors (Lipinski definition) is 8. The molecule has 9 nitrogen and oxygen atoms in total. The smallest absolute Gasteiger partial charge is 0.311 e. The van der Waals surface area contributed by atoms with Crippen LogP contribution >= 0.6 is 0 Å². The van der Waals surface area contributed by atoms with Crippen LogP contribution in [-0.2, 0) is 19.6 Å². The highest BCUT2D eigenvalue weighted by Gasteiger charge is 2.48. The average molecular weight is 664 g/mol. The highest BCUT2D eigenvalue weighted by atomic mass is 32.2. The number of aromatic nitrogens is 4. The Labute approximate surface area is 278 Å². The second-order valence-electron chi connectivity index (χ2n) is 12.4. The van der Waals surface area contributed by atoms with Gasteiger partial charge in [0.15, 0.2) is 11.5 Å². The van der Waals surface area contributed by atoms with Gasteiger partial charge in [0.25, 0.3) is 10.0 Å². The number of pyridine rings is 1. The highest BCUT2D eigenvalue weighted by Crippen LogP contribution is 2.47. The van der Waals surface area contributed by atoms with Crippen LogP contribution in [0.3, 0.4) is 0 Å². The van der Waals surface area contributed by atoms with Crippen LogP contribution in [0.4, 0.5) is 10.2 Å². The number of rotatable bonds is 7. The van der Waals surface area contributed by atoms with E-state index in [9.17, 15) is 17.6 Å². The number of carbonyl (C=O) groups excluding carboxylic acids is 1. The summed E-state index contributed by atoms with van der Waals surface area (Å²) in [5.74, 6) is 6.10. The Kier molecular flexibility index (Phi) is 8.43. The molecule has 244 valence electrons. The lowest BCUT2D eigenvalue weighted by Gasteiger charge is -2.47. The van der Waals surface area contributed by atoms with Crippen molar-refractivity contribution in [3.63, 3.8) is 0 Å². The summed E-state index contributed by atoms with van der Waals surface area (Å²) >= 11 is 0. The quantitative estimate of drug-likeness (QED) is 0.158. The molecule has 0 saturated heterocycles. The lowest BCUT2D eigenvalue weighted by Crippen LogP contribution is -2.52. The zero-order valence-electron chi connectivity index (χ0n) is 26.6. The van der Waals surface area contributed by atoms with Gasteiger partial charge in [0.05, 0.1) is 23.6 Å². The van der Waals surface area contributed by atoms with Gasteiger partial charge in [-0.3, -0.25) is 4.79 Å². The number of aryl methyl sites for hydroxylation is 1. The van der Waals surface area contributed by atoms with Gasteiger partial charge in [-0.05, 0) is 87.6 Å². The highest BCUT2D eigenvalue weighted by molar-refractivity contribution is 7.90. The molecule has 5 aromatic rings. The van der Waals surface area contributed by atoms with E-state index in [1.165, 1.54) is 24.4 Å². The predicted octanol–water partition coefficient (Wildman–Crippen LogP) is 6.36. The van der Waals surface area contributed by atoms with Crippen molar-refractivity contribution in [2.75, 3.05) is 11.9 Å².